The molecule has 1 aliphatic rings. The van der Waals surface area contributed by atoms with Crippen LogP contribution in [0.15, 0.2) is 41.2 Å². The lowest BCUT2D eigenvalue weighted by Gasteiger charge is -2.28. The molecule has 0 radical (unpaired) electrons. The van der Waals surface area contributed by atoms with Crippen molar-refractivity contribution < 1.29 is 19.2 Å². The molecular formula is C23H26N4O4. The molecule has 8 heteroatoms. The summed E-state index contributed by atoms with van der Waals surface area (Å²) in [6.07, 6.45) is 6.26. The maximum atomic E-state index is 12.5. The third-order valence-electron chi connectivity index (χ3n) is 5.58. The number of pyridine rings is 2. The monoisotopic (exact) mass is 422 g/mol. The van der Waals surface area contributed by atoms with E-state index in [2.05, 4.69) is 20.4 Å². The normalized spacial score (nSPS) is 18.5. The van der Waals surface area contributed by atoms with Gasteiger partial charge in [-0.05, 0) is 44.9 Å². The highest BCUT2D eigenvalue weighted by atomic mass is 16.5. The van der Waals surface area contributed by atoms with Crippen LogP contribution in [0.1, 0.15) is 53.1 Å². The van der Waals surface area contributed by atoms with E-state index in [1.54, 1.807) is 18.3 Å². The topological polar surface area (TPSA) is 110 Å². The van der Waals surface area contributed by atoms with Crippen molar-refractivity contribution in [2.45, 2.75) is 58.3 Å². The molecule has 0 saturated heterocycles. The number of nitrogens with zero attached hydrogens (tertiary/aromatic N) is 3. The predicted octanol–water partition coefficient (Wildman–Crippen LogP) is 3.36. The van der Waals surface area contributed by atoms with E-state index in [1.807, 2.05) is 26.0 Å². The van der Waals surface area contributed by atoms with Crippen LogP contribution in [0.5, 0.6) is 5.88 Å². The van der Waals surface area contributed by atoms with E-state index in [1.165, 1.54) is 6.20 Å². The second-order valence-electron chi connectivity index (χ2n) is 7.86. The molecule has 162 valence electrons. The average Bonchev–Trinajstić information content (AvgIpc) is 3.15. The molecule has 8 nitrogen and oxygen atoms in total. The summed E-state index contributed by atoms with van der Waals surface area (Å²) in [6, 6.07) is 6.98. The van der Waals surface area contributed by atoms with Crippen LogP contribution in [0.2, 0.25) is 0 Å². The molecule has 1 saturated carbocycles. The highest BCUT2D eigenvalue weighted by molar-refractivity contribution is 5.94. The van der Waals surface area contributed by atoms with E-state index in [9.17, 15) is 9.90 Å². The summed E-state index contributed by atoms with van der Waals surface area (Å²) in [5, 5.41) is 17.1. The van der Waals surface area contributed by atoms with Gasteiger partial charge in [-0.2, -0.15) is 0 Å². The first kappa shape index (κ1) is 21.0. The van der Waals surface area contributed by atoms with E-state index in [0.717, 1.165) is 42.5 Å². The minimum Gasteiger partial charge on any atom is -0.473 e. The van der Waals surface area contributed by atoms with Crippen molar-refractivity contribution in [2.24, 2.45) is 0 Å². The van der Waals surface area contributed by atoms with Crippen LogP contribution >= 0.6 is 0 Å². The van der Waals surface area contributed by atoms with Gasteiger partial charge in [-0.1, -0.05) is 18.0 Å². The van der Waals surface area contributed by atoms with Crippen molar-refractivity contribution in [3.05, 3.63) is 59.2 Å². The van der Waals surface area contributed by atoms with Crippen LogP contribution < -0.4 is 10.1 Å². The minimum absolute atomic E-state index is 0.205. The number of aromatic nitrogens is 3. The van der Waals surface area contributed by atoms with E-state index in [4.69, 9.17) is 9.26 Å². The molecule has 3 heterocycles. The third kappa shape index (κ3) is 4.91. The smallest absolute Gasteiger partial charge is 0.253 e. The van der Waals surface area contributed by atoms with Gasteiger partial charge in [-0.25, -0.2) is 4.98 Å². The molecule has 31 heavy (non-hydrogen) atoms. The first-order valence-electron chi connectivity index (χ1n) is 10.5. The van der Waals surface area contributed by atoms with Gasteiger partial charge in [0.1, 0.15) is 18.1 Å². The number of carbonyl (C=O) groups excluding carboxylic acids is 1. The number of aryl methyl sites for hydroxylation is 2. The molecule has 0 aromatic carbocycles. The Morgan fingerprint density at radius 3 is 2.71 bits per heavy atom. The molecule has 0 spiro atoms. The summed E-state index contributed by atoms with van der Waals surface area (Å²) in [4.78, 5) is 21.0. The van der Waals surface area contributed by atoms with Gasteiger partial charge >= 0.3 is 0 Å². The maximum Gasteiger partial charge on any atom is 0.253 e. The van der Waals surface area contributed by atoms with Crippen molar-refractivity contribution in [3.63, 3.8) is 0 Å². The van der Waals surface area contributed by atoms with Crippen LogP contribution in [0, 0.1) is 13.8 Å². The molecule has 1 amide bonds. The summed E-state index contributed by atoms with van der Waals surface area (Å²) in [6.45, 7) is 3.98. The number of rotatable bonds is 6. The summed E-state index contributed by atoms with van der Waals surface area (Å²) in [5.74, 6) is 0.814. The van der Waals surface area contributed by atoms with Gasteiger partial charge in [-0.15, -0.1) is 0 Å². The zero-order chi connectivity index (χ0) is 21.8. The fourth-order valence-corrected chi connectivity index (χ4v) is 3.67. The maximum absolute atomic E-state index is 12.5. The van der Waals surface area contributed by atoms with Gasteiger partial charge < -0.3 is 19.7 Å². The molecule has 0 unspecified atom stereocenters. The number of ether oxygens (including phenoxy) is 1. The second-order valence-corrected chi connectivity index (χ2v) is 7.86. The quantitative estimate of drug-likeness (QED) is 0.627. The SMILES string of the molecule is Cc1ccc(-c2noc(C)c2COc2ccc(C(=O)N[C@@H]3CCCC[C@H]3O)cn2)cn1. The lowest BCUT2D eigenvalue weighted by atomic mass is 9.92. The first-order valence-corrected chi connectivity index (χ1v) is 10.5. The molecular weight excluding hydrogens is 396 g/mol. The van der Waals surface area contributed by atoms with E-state index >= 15 is 0 Å². The summed E-state index contributed by atoms with van der Waals surface area (Å²) < 4.78 is 11.2. The van der Waals surface area contributed by atoms with Crippen LogP contribution in [0.25, 0.3) is 11.3 Å². The van der Waals surface area contributed by atoms with Crippen LogP contribution in [-0.4, -0.2) is 38.3 Å². The Bertz CT molecular complexity index is 1030. The predicted molar refractivity (Wildman–Crippen MR) is 114 cm³/mol. The van der Waals surface area contributed by atoms with Crippen molar-refractivity contribution >= 4 is 5.91 Å². The van der Waals surface area contributed by atoms with Gasteiger partial charge in [0.25, 0.3) is 5.91 Å². The fourth-order valence-electron chi connectivity index (χ4n) is 3.67. The van der Waals surface area contributed by atoms with Crippen molar-refractivity contribution in [1.29, 1.82) is 0 Å². The van der Waals surface area contributed by atoms with Crippen LogP contribution in [-0.2, 0) is 6.61 Å². The van der Waals surface area contributed by atoms with Gasteiger partial charge in [0, 0.05) is 29.7 Å². The Morgan fingerprint density at radius 2 is 2.00 bits per heavy atom. The zero-order valence-electron chi connectivity index (χ0n) is 17.7. The summed E-state index contributed by atoms with van der Waals surface area (Å²) >= 11 is 0. The molecule has 2 N–H and O–H groups in total. The Kier molecular flexibility index (Phi) is 6.27. The van der Waals surface area contributed by atoms with Crippen molar-refractivity contribution in [3.8, 4) is 17.1 Å². The number of nitrogens with one attached hydrogen (secondary N) is 1. The van der Waals surface area contributed by atoms with Gasteiger partial charge in [0.15, 0.2) is 0 Å². The third-order valence-corrected chi connectivity index (χ3v) is 5.58. The number of hydrogen-bond donors (Lipinski definition) is 2. The van der Waals surface area contributed by atoms with Crippen molar-refractivity contribution in [2.75, 3.05) is 0 Å². The zero-order valence-corrected chi connectivity index (χ0v) is 17.7. The minimum atomic E-state index is -0.488. The largest absolute Gasteiger partial charge is 0.473 e. The van der Waals surface area contributed by atoms with Crippen LogP contribution in [0.4, 0.5) is 0 Å². The van der Waals surface area contributed by atoms with Gasteiger partial charge in [0.2, 0.25) is 5.88 Å². The first-order chi connectivity index (χ1) is 15.0. The summed E-state index contributed by atoms with van der Waals surface area (Å²) in [5.41, 5.74) is 3.71. The van der Waals surface area contributed by atoms with E-state index in [0.29, 0.717) is 22.9 Å². The van der Waals surface area contributed by atoms with Gasteiger partial charge in [0.05, 0.1) is 23.3 Å². The molecule has 3 aromatic rings. The highest BCUT2D eigenvalue weighted by Crippen LogP contribution is 2.26. The number of amides is 1. The lowest BCUT2D eigenvalue weighted by Crippen LogP contribution is -2.45. The molecule has 2 atom stereocenters. The van der Waals surface area contributed by atoms with Crippen molar-refractivity contribution in [1.82, 2.24) is 20.4 Å². The average molecular weight is 422 g/mol. The molecule has 1 aliphatic carbocycles. The Labute approximate surface area is 180 Å². The number of aliphatic hydroxyl groups is 1. The molecule has 4 rings (SSSR count). The van der Waals surface area contributed by atoms with Crippen LogP contribution in [0.3, 0.4) is 0 Å². The number of hydrogen-bond acceptors (Lipinski definition) is 7. The Morgan fingerprint density at radius 1 is 1.16 bits per heavy atom. The molecule has 1 fully saturated rings. The Balaban J connectivity index is 1.39. The molecule has 0 bridgehead atoms. The molecule has 3 aromatic heterocycles. The fraction of sp³-hybridized carbons (Fsp3) is 0.391. The standard InChI is InChI=1S/C23H26N4O4/c1-14-7-8-16(11-24-14)22-18(15(2)31-27-22)13-30-21-10-9-17(12-25-21)23(29)26-19-5-3-4-6-20(19)28/h7-12,19-20,28H,3-6,13H2,1-2H3,(H,26,29)/t19-,20-/m1/s1. The van der Waals surface area contributed by atoms with E-state index in [-0.39, 0.29) is 18.6 Å². The van der Waals surface area contributed by atoms with Gasteiger partial charge in [-0.3, -0.25) is 9.78 Å². The van der Waals surface area contributed by atoms with E-state index < -0.39 is 6.10 Å². The second kappa shape index (κ2) is 9.26. The lowest BCUT2D eigenvalue weighted by molar-refractivity contribution is 0.0717. The number of aliphatic hydroxyl groups excluding tert-OH is 1. The number of carbonyl (C=O) groups is 1. The highest BCUT2D eigenvalue weighted by Gasteiger charge is 2.25. The summed E-state index contributed by atoms with van der Waals surface area (Å²) in [7, 11) is 0. The molecule has 0 aliphatic heterocycles. The Hall–Kier alpha value is -3.26.